The topological polar surface area (TPSA) is 77.8 Å². The fourth-order valence-corrected chi connectivity index (χ4v) is 8.34. The molecule has 9 atom stereocenters. The monoisotopic (exact) mass is 396 g/mol. The van der Waals surface area contributed by atoms with Crippen molar-refractivity contribution >= 4 is 17.4 Å². The predicted octanol–water partition coefficient (Wildman–Crippen LogP) is 3.07. The maximum atomic E-state index is 12.6. The van der Waals surface area contributed by atoms with Gasteiger partial charge in [-0.3, -0.25) is 4.79 Å². The summed E-state index contributed by atoms with van der Waals surface area (Å²) in [6, 6.07) is 0. The minimum atomic E-state index is -1.60. The summed E-state index contributed by atoms with van der Waals surface area (Å²) >= 11 is 6.95. The van der Waals surface area contributed by atoms with Gasteiger partial charge in [0, 0.05) is 10.8 Å². The number of allylic oxidation sites excluding steroid dienone is 2. The lowest BCUT2D eigenvalue weighted by molar-refractivity contribution is -0.186. The molecule has 152 valence electrons. The van der Waals surface area contributed by atoms with Gasteiger partial charge in [0.2, 0.25) is 0 Å². The molecule has 0 aromatic heterocycles. The summed E-state index contributed by atoms with van der Waals surface area (Å²) in [5, 5.41) is 32.3. The van der Waals surface area contributed by atoms with Crippen LogP contribution in [0.2, 0.25) is 0 Å². The molecule has 0 bridgehead atoms. The molecule has 0 aromatic carbocycles. The van der Waals surface area contributed by atoms with Crippen LogP contribution in [-0.4, -0.2) is 44.8 Å². The fraction of sp³-hybridized carbons (Fsp3) is 0.864. The number of ketones is 1. The highest BCUT2D eigenvalue weighted by atomic mass is 35.5. The first kappa shape index (κ1) is 19.9. The standard InChI is InChI=1S/C22H33ClO4/c1-12-8-14-18-15(23)9-13-6-4-5-7-20(13,2)19(18)16(25)10-21(14,3)22(12,27)17(26)11-24/h6,12,14-16,18-19,24-25,27H,4-5,7-11H2,1-3H3/t12-,14+,15-,16+,18-,19+,20+,21+,22+/m1/s1. The van der Waals surface area contributed by atoms with Crippen LogP contribution in [0.25, 0.3) is 0 Å². The van der Waals surface area contributed by atoms with Crippen LogP contribution in [0.4, 0.5) is 0 Å². The second-order valence-corrected chi connectivity index (χ2v) is 10.7. The number of alkyl halides is 1. The largest absolute Gasteiger partial charge is 0.393 e. The molecule has 4 aliphatic carbocycles. The van der Waals surface area contributed by atoms with Crippen molar-refractivity contribution in [3.05, 3.63) is 11.6 Å². The average Bonchev–Trinajstić information content (AvgIpc) is 2.82. The zero-order valence-electron chi connectivity index (χ0n) is 16.6. The molecule has 0 heterocycles. The molecule has 0 spiro atoms. The van der Waals surface area contributed by atoms with Crippen molar-refractivity contribution in [2.24, 2.45) is 34.5 Å². The molecule has 0 unspecified atom stereocenters. The zero-order chi connectivity index (χ0) is 19.8. The molecule has 0 radical (unpaired) electrons. The van der Waals surface area contributed by atoms with Gasteiger partial charge in [0.05, 0.1) is 6.10 Å². The van der Waals surface area contributed by atoms with Gasteiger partial charge in [-0.05, 0) is 67.6 Å². The summed E-state index contributed by atoms with van der Waals surface area (Å²) in [7, 11) is 0. The Morgan fingerprint density at radius 1 is 1.37 bits per heavy atom. The molecule has 3 fully saturated rings. The van der Waals surface area contributed by atoms with E-state index in [2.05, 4.69) is 13.0 Å². The summed E-state index contributed by atoms with van der Waals surface area (Å²) in [6.07, 6.45) is 6.95. The first-order valence-electron chi connectivity index (χ1n) is 10.5. The molecule has 0 aliphatic heterocycles. The van der Waals surface area contributed by atoms with Crippen molar-refractivity contribution in [3.8, 4) is 0 Å². The Hall–Kier alpha value is -0.420. The van der Waals surface area contributed by atoms with Crippen molar-refractivity contribution < 1.29 is 20.1 Å². The van der Waals surface area contributed by atoms with Gasteiger partial charge >= 0.3 is 0 Å². The van der Waals surface area contributed by atoms with E-state index in [0.717, 1.165) is 25.7 Å². The van der Waals surface area contributed by atoms with E-state index in [1.807, 2.05) is 13.8 Å². The Kier molecular flexibility index (Phi) is 4.63. The molecule has 4 rings (SSSR count). The van der Waals surface area contributed by atoms with Crippen LogP contribution < -0.4 is 0 Å². The third-order valence-corrected chi connectivity index (χ3v) is 9.54. The second kappa shape index (κ2) is 6.29. The first-order valence-corrected chi connectivity index (χ1v) is 10.9. The number of Topliss-reactive ketones (excluding diaryl/α,β-unsaturated/α-hetero) is 1. The molecule has 27 heavy (non-hydrogen) atoms. The Balaban J connectivity index is 1.81. The van der Waals surface area contributed by atoms with Gasteiger partial charge in [0.15, 0.2) is 5.78 Å². The number of hydrogen-bond acceptors (Lipinski definition) is 4. The minimum Gasteiger partial charge on any atom is -0.393 e. The molecule has 3 N–H and O–H groups in total. The van der Waals surface area contributed by atoms with Gasteiger partial charge in [0.1, 0.15) is 12.2 Å². The van der Waals surface area contributed by atoms with Gasteiger partial charge in [-0.2, -0.15) is 0 Å². The van der Waals surface area contributed by atoms with E-state index in [1.54, 1.807) is 0 Å². The van der Waals surface area contributed by atoms with Crippen molar-refractivity contribution in [2.75, 3.05) is 6.61 Å². The summed E-state index contributed by atoms with van der Waals surface area (Å²) in [5.74, 6) is -0.555. The van der Waals surface area contributed by atoms with Gasteiger partial charge in [-0.25, -0.2) is 0 Å². The van der Waals surface area contributed by atoms with Crippen molar-refractivity contribution in [1.29, 1.82) is 0 Å². The lowest BCUT2D eigenvalue weighted by Crippen LogP contribution is -2.64. The van der Waals surface area contributed by atoms with E-state index in [4.69, 9.17) is 11.6 Å². The van der Waals surface area contributed by atoms with Crippen molar-refractivity contribution in [1.82, 2.24) is 0 Å². The molecule has 3 saturated carbocycles. The van der Waals surface area contributed by atoms with Gasteiger partial charge in [-0.1, -0.05) is 32.4 Å². The molecule has 4 nitrogen and oxygen atoms in total. The van der Waals surface area contributed by atoms with Crippen molar-refractivity contribution in [3.63, 3.8) is 0 Å². The lowest BCUT2D eigenvalue weighted by Gasteiger charge is -2.61. The molecular weight excluding hydrogens is 364 g/mol. The lowest BCUT2D eigenvalue weighted by atomic mass is 9.45. The number of rotatable bonds is 2. The summed E-state index contributed by atoms with van der Waals surface area (Å²) in [4.78, 5) is 12.6. The maximum Gasteiger partial charge on any atom is 0.190 e. The number of fused-ring (bicyclic) bond motifs is 5. The molecule has 5 heteroatoms. The number of hydrogen-bond donors (Lipinski definition) is 3. The van der Waals surface area contributed by atoms with E-state index >= 15 is 0 Å². The maximum absolute atomic E-state index is 12.6. The van der Waals surface area contributed by atoms with Gasteiger partial charge in [0.25, 0.3) is 0 Å². The third kappa shape index (κ3) is 2.36. The van der Waals surface area contributed by atoms with Crippen LogP contribution in [-0.2, 0) is 4.79 Å². The van der Waals surface area contributed by atoms with Crippen LogP contribution in [0.3, 0.4) is 0 Å². The second-order valence-electron chi connectivity index (χ2n) is 10.1. The fourth-order valence-electron chi connectivity index (χ4n) is 7.84. The van der Waals surface area contributed by atoms with Gasteiger partial charge in [-0.15, -0.1) is 11.6 Å². The zero-order valence-corrected chi connectivity index (χ0v) is 17.4. The number of aliphatic hydroxyl groups excluding tert-OH is 2. The molecule has 0 aromatic rings. The van der Waals surface area contributed by atoms with E-state index < -0.39 is 29.5 Å². The van der Waals surface area contributed by atoms with Gasteiger partial charge < -0.3 is 15.3 Å². The van der Waals surface area contributed by atoms with Crippen LogP contribution in [0.15, 0.2) is 11.6 Å². The third-order valence-electron chi connectivity index (χ3n) is 9.10. The highest BCUT2D eigenvalue weighted by molar-refractivity contribution is 6.21. The summed E-state index contributed by atoms with van der Waals surface area (Å²) in [6.45, 7) is 5.46. The Morgan fingerprint density at radius 2 is 2.07 bits per heavy atom. The van der Waals surface area contributed by atoms with Crippen LogP contribution in [0.1, 0.15) is 59.3 Å². The number of aliphatic hydroxyl groups is 3. The highest BCUT2D eigenvalue weighted by Gasteiger charge is 2.71. The Bertz CT molecular complexity index is 677. The van der Waals surface area contributed by atoms with Crippen LogP contribution >= 0.6 is 11.6 Å². The summed E-state index contributed by atoms with van der Waals surface area (Å²) in [5.41, 5.74) is -1.00. The van der Waals surface area contributed by atoms with Crippen molar-refractivity contribution in [2.45, 2.75) is 76.4 Å². The minimum absolute atomic E-state index is 0.0417. The number of carbonyl (C=O) groups is 1. The van der Waals surface area contributed by atoms with E-state index in [9.17, 15) is 20.1 Å². The summed E-state index contributed by atoms with van der Waals surface area (Å²) < 4.78 is 0. The molecular formula is C22H33ClO4. The smallest absolute Gasteiger partial charge is 0.190 e. The quantitative estimate of drug-likeness (QED) is 0.495. The molecule has 0 saturated heterocycles. The predicted molar refractivity (Wildman–Crippen MR) is 104 cm³/mol. The SMILES string of the molecule is C[C@@H]1C[C@H]2[C@H]3[C@H]([C@@H](O)C[C@]2(C)[C@@]1(O)C(=O)CO)[C@@]1(C)CCCC=C1C[C@H]3Cl. The van der Waals surface area contributed by atoms with E-state index in [0.29, 0.717) is 12.8 Å². The van der Waals surface area contributed by atoms with E-state index in [-0.39, 0.29) is 34.5 Å². The molecule has 0 amide bonds. The first-order chi connectivity index (χ1) is 12.6. The Labute approximate surface area is 167 Å². The highest BCUT2D eigenvalue weighted by Crippen LogP contribution is 2.69. The Morgan fingerprint density at radius 3 is 2.74 bits per heavy atom. The van der Waals surface area contributed by atoms with Crippen LogP contribution in [0, 0.1) is 34.5 Å². The average molecular weight is 397 g/mol. The number of halogens is 1. The van der Waals surface area contributed by atoms with Crippen LogP contribution in [0.5, 0.6) is 0 Å². The number of carbonyl (C=O) groups excluding carboxylic acids is 1. The van der Waals surface area contributed by atoms with E-state index in [1.165, 1.54) is 5.57 Å². The normalized spacial score (nSPS) is 54.6. The molecule has 4 aliphatic rings.